The third kappa shape index (κ3) is 2.11. The van der Waals surface area contributed by atoms with E-state index in [0.717, 1.165) is 25.8 Å². The predicted molar refractivity (Wildman–Crippen MR) is 80.7 cm³/mol. The maximum Gasteiger partial charge on any atom is 0.117 e. The zero-order valence-corrected chi connectivity index (χ0v) is 12.4. The van der Waals surface area contributed by atoms with Gasteiger partial charge >= 0.3 is 0 Å². The molecule has 1 N–H and O–H groups in total. The van der Waals surface area contributed by atoms with Crippen LogP contribution in [-0.4, -0.2) is 11.5 Å². The SMILES string of the molecule is CCCNC1(c2nccs2)CCc2ccc(C)cc21. The number of benzene rings is 1. The first-order valence-electron chi connectivity index (χ1n) is 7.01. The number of nitrogens with zero attached hydrogens (tertiary/aromatic N) is 1. The second-order valence-corrected chi connectivity index (χ2v) is 6.22. The minimum atomic E-state index is -0.0501. The molecule has 0 radical (unpaired) electrons. The molecule has 0 saturated carbocycles. The Morgan fingerprint density at radius 1 is 1.42 bits per heavy atom. The highest BCUT2D eigenvalue weighted by molar-refractivity contribution is 7.09. The van der Waals surface area contributed by atoms with Crippen LogP contribution in [0.4, 0.5) is 0 Å². The molecule has 0 aliphatic heterocycles. The number of hydrogen-bond donors (Lipinski definition) is 1. The molecule has 0 fully saturated rings. The molecular weight excluding hydrogens is 252 g/mol. The second-order valence-electron chi connectivity index (χ2n) is 5.33. The van der Waals surface area contributed by atoms with E-state index < -0.39 is 0 Å². The number of rotatable bonds is 4. The molecule has 0 bridgehead atoms. The lowest BCUT2D eigenvalue weighted by Crippen LogP contribution is -2.42. The van der Waals surface area contributed by atoms with Gasteiger partial charge in [0.25, 0.3) is 0 Å². The van der Waals surface area contributed by atoms with Crippen LogP contribution in [0.1, 0.15) is 41.5 Å². The lowest BCUT2D eigenvalue weighted by atomic mass is 9.91. The molecular formula is C16H20N2S. The maximum absolute atomic E-state index is 4.61. The number of thiazole rings is 1. The number of fused-ring (bicyclic) bond motifs is 1. The molecule has 3 heteroatoms. The topological polar surface area (TPSA) is 24.9 Å². The fourth-order valence-electron chi connectivity index (χ4n) is 3.02. The number of aryl methyl sites for hydroxylation is 2. The van der Waals surface area contributed by atoms with Crippen LogP contribution in [0.15, 0.2) is 29.8 Å². The summed E-state index contributed by atoms with van der Waals surface area (Å²) in [5.41, 5.74) is 4.20. The normalized spacial score (nSPS) is 21.6. The number of hydrogen-bond acceptors (Lipinski definition) is 3. The lowest BCUT2D eigenvalue weighted by Gasteiger charge is -2.30. The molecule has 1 aliphatic carbocycles. The summed E-state index contributed by atoms with van der Waals surface area (Å²) in [6, 6.07) is 6.84. The zero-order chi connectivity index (χ0) is 13.3. The molecule has 1 aromatic heterocycles. The van der Waals surface area contributed by atoms with E-state index in [1.54, 1.807) is 11.3 Å². The van der Waals surface area contributed by atoms with Gasteiger partial charge in [-0.1, -0.05) is 30.7 Å². The third-order valence-corrected chi connectivity index (χ3v) is 4.90. The van der Waals surface area contributed by atoms with E-state index in [2.05, 4.69) is 47.7 Å². The van der Waals surface area contributed by atoms with Gasteiger partial charge in [-0.2, -0.15) is 0 Å². The molecule has 0 saturated heterocycles. The van der Waals surface area contributed by atoms with Crippen molar-refractivity contribution in [1.29, 1.82) is 0 Å². The van der Waals surface area contributed by atoms with Crippen LogP contribution in [0, 0.1) is 6.92 Å². The highest BCUT2D eigenvalue weighted by Crippen LogP contribution is 2.43. The van der Waals surface area contributed by atoms with Gasteiger partial charge in [-0.25, -0.2) is 4.98 Å². The van der Waals surface area contributed by atoms with Crippen LogP contribution < -0.4 is 5.32 Å². The molecule has 1 aliphatic rings. The minimum absolute atomic E-state index is 0.0501. The summed E-state index contributed by atoms with van der Waals surface area (Å²) in [5.74, 6) is 0. The predicted octanol–water partition coefficient (Wildman–Crippen LogP) is 3.64. The molecule has 2 nitrogen and oxygen atoms in total. The molecule has 3 rings (SSSR count). The van der Waals surface area contributed by atoms with Crippen molar-refractivity contribution >= 4 is 11.3 Å². The molecule has 1 unspecified atom stereocenters. The van der Waals surface area contributed by atoms with Gasteiger partial charge in [0.05, 0.1) is 5.54 Å². The Labute approximate surface area is 118 Å². The van der Waals surface area contributed by atoms with E-state index in [9.17, 15) is 0 Å². The zero-order valence-electron chi connectivity index (χ0n) is 11.6. The van der Waals surface area contributed by atoms with E-state index >= 15 is 0 Å². The molecule has 0 spiro atoms. The summed E-state index contributed by atoms with van der Waals surface area (Å²) in [7, 11) is 0. The van der Waals surface area contributed by atoms with Crippen molar-refractivity contribution in [3.05, 3.63) is 51.5 Å². The van der Waals surface area contributed by atoms with E-state index in [1.165, 1.54) is 21.7 Å². The van der Waals surface area contributed by atoms with Crippen molar-refractivity contribution in [2.24, 2.45) is 0 Å². The largest absolute Gasteiger partial charge is 0.302 e. The van der Waals surface area contributed by atoms with E-state index in [0.29, 0.717) is 0 Å². The van der Waals surface area contributed by atoms with Crippen LogP contribution in [0.3, 0.4) is 0 Å². The summed E-state index contributed by atoms with van der Waals surface area (Å²) < 4.78 is 0. The van der Waals surface area contributed by atoms with Crippen LogP contribution in [0.25, 0.3) is 0 Å². The first kappa shape index (κ1) is 12.8. The van der Waals surface area contributed by atoms with Gasteiger partial charge in [-0.05, 0) is 43.9 Å². The molecule has 0 amide bonds. The van der Waals surface area contributed by atoms with Crippen molar-refractivity contribution in [3.8, 4) is 0 Å². The van der Waals surface area contributed by atoms with Crippen molar-refractivity contribution in [1.82, 2.24) is 10.3 Å². The maximum atomic E-state index is 4.61. The molecule has 1 aromatic carbocycles. The molecule has 2 aromatic rings. The first-order valence-corrected chi connectivity index (χ1v) is 7.89. The van der Waals surface area contributed by atoms with Gasteiger partial charge in [0.1, 0.15) is 5.01 Å². The Hall–Kier alpha value is -1.19. The molecule has 19 heavy (non-hydrogen) atoms. The summed E-state index contributed by atoms with van der Waals surface area (Å²) in [5, 5.41) is 7.07. The number of aromatic nitrogens is 1. The Bertz CT molecular complexity index is 562. The number of nitrogens with one attached hydrogen (secondary N) is 1. The Kier molecular flexibility index (Phi) is 3.42. The van der Waals surface area contributed by atoms with Gasteiger partial charge in [0.2, 0.25) is 0 Å². The van der Waals surface area contributed by atoms with Crippen LogP contribution >= 0.6 is 11.3 Å². The Balaban J connectivity index is 2.10. The molecule has 1 atom stereocenters. The minimum Gasteiger partial charge on any atom is -0.302 e. The van der Waals surface area contributed by atoms with E-state index in [-0.39, 0.29) is 5.54 Å². The lowest BCUT2D eigenvalue weighted by molar-refractivity contribution is 0.397. The first-order chi connectivity index (χ1) is 9.26. The van der Waals surface area contributed by atoms with Gasteiger partial charge in [-0.3, -0.25) is 0 Å². The fraction of sp³-hybridized carbons (Fsp3) is 0.438. The average Bonchev–Trinajstić information content (AvgIpc) is 3.04. The van der Waals surface area contributed by atoms with Crippen molar-refractivity contribution in [3.63, 3.8) is 0 Å². The summed E-state index contributed by atoms with van der Waals surface area (Å²) >= 11 is 1.77. The van der Waals surface area contributed by atoms with Crippen molar-refractivity contribution in [2.45, 2.75) is 38.6 Å². The van der Waals surface area contributed by atoms with Crippen molar-refractivity contribution < 1.29 is 0 Å². The van der Waals surface area contributed by atoms with Crippen LogP contribution in [-0.2, 0) is 12.0 Å². The fourth-order valence-corrected chi connectivity index (χ4v) is 3.87. The average molecular weight is 272 g/mol. The van der Waals surface area contributed by atoms with Gasteiger partial charge in [0.15, 0.2) is 0 Å². The summed E-state index contributed by atoms with van der Waals surface area (Å²) in [6.07, 6.45) is 5.34. The van der Waals surface area contributed by atoms with Crippen LogP contribution in [0.2, 0.25) is 0 Å². The molecule has 100 valence electrons. The van der Waals surface area contributed by atoms with Crippen molar-refractivity contribution in [2.75, 3.05) is 6.54 Å². The van der Waals surface area contributed by atoms with E-state index in [4.69, 9.17) is 0 Å². The highest BCUT2D eigenvalue weighted by atomic mass is 32.1. The summed E-state index contributed by atoms with van der Waals surface area (Å²) in [6.45, 7) is 5.42. The Morgan fingerprint density at radius 2 is 2.32 bits per heavy atom. The third-order valence-electron chi connectivity index (χ3n) is 3.97. The highest BCUT2D eigenvalue weighted by Gasteiger charge is 2.41. The van der Waals surface area contributed by atoms with Gasteiger partial charge < -0.3 is 5.32 Å². The smallest absolute Gasteiger partial charge is 0.117 e. The Morgan fingerprint density at radius 3 is 3.05 bits per heavy atom. The quantitative estimate of drug-likeness (QED) is 0.919. The molecule has 1 heterocycles. The van der Waals surface area contributed by atoms with Gasteiger partial charge in [0, 0.05) is 11.6 Å². The van der Waals surface area contributed by atoms with E-state index in [1.807, 2.05) is 6.20 Å². The monoisotopic (exact) mass is 272 g/mol. The van der Waals surface area contributed by atoms with Crippen LogP contribution in [0.5, 0.6) is 0 Å². The second kappa shape index (κ2) is 5.06. The standard InChI is InChI=1S/C16H20N2S/c1-3-8-18-16(15-17-9-10-19-15)7-6-13-5-4-12(2)11-14(13)16/h4-5,9-11,18H,3,6-8H2,1-2H3. The van der Waals surface area contributed by atoms with Gasteiger partial charge in [-0.15, -0.1) is 11.3 Å². The summed E-state index contributed by atoms with van der Waals surface area (Å²) in [4.78, 5) is 4.61.